The van der Waals surface area contributed by atoms with Crippen LogP contribution in [0.3, 0.4) is 0 Å². The van der Waals surface area contributed by atoms with Crippen LogP contribution >= 0.6 is 0 Å². The number of benzene rings is 1. The number of rotatable bonds is 4. The van der Waals surface area contributed by atoms with E-state index in [-0.39, 0.29) is 6.04 Å². The summed E-state index contributed by atoms with van der Waals surface area (Å²) in [5, 5.41) is 12.5. The summed E-state index contributed by atoms with van der Waals surface area (Å²) in [6, 6.07) is 5.45. The van der Waals surface area contributed by atoms with Crippen molar-refractivity contribution in [2.24, 2.45) is 0 Å². The number of H-pyrrole nitrogens is 2. The maximum Gasteiger partial charge on any atom is 0.326 e. The third-order valence-corrected chi connectivity index (χ3v) is 4.19. The van der Waals surface area contributed by atoms with Crippen LogP contribution in [0.25, 0.3) is 0 Å². The van der Waals surface area contributed by atoms with E-state index in [1.165, 1.54) is 0 Å². The molecular formula is C17H19N3O5. The molecule has 1 amide bonds. The average Bonchev–Trinajstić information content (AvgIpc) is 2.58. The zero-order chi connectivity index (χ0) is 18.0. The smallest absolute Gasteiger partial charge is 0.326 e. The molecule has 0 radical (unpaired) electrons. The first-order chi connectivity index (χ1) is 12.0. The summed E-state index contributed by atoms with van der Waals surface area (Å²) in [6.45, 7) is 2.49. The molecule has 1 aliphatic carbocycles. The van der Waals surface area contributed by atoms with E-state index in [0.29, 0.717) is 6.61 Å². The quantitative estimate of drug-likeness (QED) is 0.657. The van der Waals surface area contributed by atoms with Gasteiger partial charge < -0.3 is 15.2 Å². The van der Waals surface area contributed by atoms with Crippen LogP contribution in [0.1, 0.15) is 47.4 Å². The van der Waals surface area contributed by atoms with Gasteiger partial charge in [-0.2, -0.15) is 0 Å². The minimum absolute atomic E-state index is 0.269. The predicted octanol–water partition coefficient (Wildman–Crippen LogP) is 0.975. The molecular weight excluding hydrogens is 326 g/mol. The fourth-order valence-electron chi connectivity index (χ4n) is 3.07. The van der Waals surface area contributed by atoms with Gasteiger partial charge in [0.2, 0.25) is 5.75 Å². The molecule has 1 heterocycles. The van der Waals surface area contributed by atoms with Crippen LogP contribution in [0.5, 0.6) is 11.5 Å². The zero-order valence-electron chi connectivity index (χ0n) is 13.7. The first-order valence-corrected chi connectivity index (χ1v) is 8.11. The van der Waals surface area contributed by atoms with E-state index in [9.17, 15) is 19.5 Å². The molecule has 0 aliphatic heterocycles. The Hall–Kier alpha value is -3.03. The van der Waals surface area contributed by atoms with Crippen LogP contribution in [0.2, 0.25) is 0 Å². The van der Waals surface area contributed by atoms with Gasteiger partial charge >= 0.3 is 5.69 Å². The van der Waals surface area contributed by atoms with Crippen LogP contribution in [-0.4, -0.2) is 27.6 Å². The van der Waals surface area contributed by atoms with Gasteiger partial charge in [-0.25, -0.2) is 4.79 Å². The fourth-order valence-corrected chi connectivity index (χ4v) is 3.07. The highest BCUT2D eigenvalue weighted by Crippen LogP contribution is 2.32. The summed E-state index contributed by atoms with van der Waals surface area (Å²) in [7, 11) is 0. The molecule has 2 aromatic rings. The van der Waals surface area contributed by atoms with Gasteiger partial charge in [0.15, 0.2) is 5.69 Å². The van der Waals surface area contributed by atoms with Crippen molar-refractivity contribution in [1.82, 2.24) is 15.3 Å². The lowest BCUT2D eigenvalue weighted by Crippen LogP contribution is -2.34. The lowest BCUT2D eigenvalue weighted by atomic mass is 9.87. The van der Waals surface area contributed by atoms with E-state index in [2.05, 4.69) is 10.3 Å². The van der Waals surface area contributed by atoms with E-state index in [1.807, 2.05) is 30.1 Å². The molecule has 1 aromatic heterocycles. The molecule has 0 fully saturated rings. The highest BCUT2D eigenvalue weighted by atomic mass is 16.5. The summed E-state index contributed by atoms with van der Waals surface area (Å²) in [5.41, 5.74) is -0.231. The van der Waals surface area contributed by atoms with E-state index in [1.54, 1.807) is 0 Å². The lowest BCUT2D eigenvalue weighted by molar-refractivity contribution is 0.0923. The molecule has 1 aromatic carbocycles. The maximum absolute atomic E-state index is 12.4. The summed E-state index contributed by atoms with van der Waals surface area (Å²) < 4.78 is 5.50. The maximum atomic E-state index is 12.4. The van der Waals surface area contributed by atoms with Gasteiger partial charge in [0.1, 0.15) is 5.75 Å². The van der Waals surface area contributed by atoms with Crippen LogP contribution < -0.4 is 21.3 Å². The van der Waals surface area contributed by atoms with E-state index >= 15 is 0 Å². The molecule has 132 valence electrons. The van der Waals surface area contributed by atoms with Crippen molar-refractivity contribution in [2.45, 2.75) is 32.2 Å². The monoisotopic (exact) mass is 345 g/mol. The molecule has 0 spiro atoms. The van der Waals surface area contributed by atoms with Crippen LogP contribution in [-0.2, 0) is 6.42 Å². The minimum atomic E-state index is -1.00. The molecule has 0 saturated heterocycles. The normalized spacial score (nSPS) is 16.1. The van der Waals surface area contributed by atoms with Crippen molar-refractivity contribution in [3.63, 3.8) is 0 Å². The van der Waals surface area contributed by atoms with Gasteiger partial charge in [0.25, 0.3) is 11.5 Å². The van der Waals surface area contributed by atoms with Gasteiger partial charge in [-0.15, -0.1) is 0 Å². The third kappa shape index (κ3) is 3.42. The second-order valence-corrected chi connectivity index (χ2v) is 5.84. The SMILES string of the molecule is CCOc1ccc2c(c1)CCC[C@H]2NC(=O)c1[nH]c(=O)[nH]c(=O)c1O. The molecule has 8 heteroatoms. The number of amides is 1. The number of carbonyl (C=O) groups excluding carboxylic acids is 1. The van der Waals surface area contributed by atoms with Gasteiger partial charge in [0, 0.05) is 0 Å². The third-order valence-electron chi connectivity index (χ3n) is 4.19. The summed E-state index contributed by atoms with van der Waals surface area (Å²) in [5.74, 6) is -0.725. The number of hydrogen-bond acceptors (Lipinski definition) is 5. The van der Waals surface area contributed by atoms with Crippen molar-refractivity contribution in [1.29, 1.82) is 0 Å². The van der Waals surface area contributed by atoms with Crippen molar-refractivity contribution in [2.75, 3.05) is 6.61 Å². The van der Waals surface area contributed by atoms with Gasteiger partial charge in [0.05, 0.1) is 12.6 Å². The Bertz CT molecular complexity index is 915. The molecule has 0 bridgehead atoms. The lowest BCUT2D eigenvalue weighted by Gasteiger charge is -2.27. The van der Waals surface area contributed by atoms with Gasteiger partial charge in [-0.1, -0.05) is 6.07 Å². The predicted molar refractivity (Wildman–Crippen MR) is 90.1 cm³/mol. The highest BCUT2D eigenvalue weighted by molar-refractivity contribution is 5.94. The van der Waals surface area contributed by atoms with E-state index < -0.39 is 28.6 Å². The first-order valence-electron chi connectivity index (χ1n) is 8.11. The zero-order valence-corrected chi connectivity index (χ0v) is 13.7. The van der Waals surface area contributed by atoms with Crippen molar-refractivity contribution in [3.05, 3.63) is 55.9 Å². The largest absolute Gasteiger partial charge is 0.501 e. The van der Waals surface area contributed by atoms with Crippen molar-refractivity contribution >= 4 is 5.91 Å². The average molecular weight is 345 g/mol. The Balaban J connectivity index is 1.87. The van der Waals surface area contributed by atoms with Gasteiger partial charge in [-0.05, 0) is 49.4 Å². The summed E-state index contributed by atoms with van der Waals surface area (Å²) in [4.78, 5) is 39.2. The summed E-state index contributed by atoms with van der Waals surface area (Å²) in [6.07, 6.45) is 2.49. The first kappa shape index (κ1) is 16.8. The molecule has 0 unspecified atom stereocenters. The Morgan fingerprint density at radius 3 is 2.92 bits per heavy atom. The van der Waals surface area contributed by atoms with Gasteiger partial charge in [-0.3, -0.25) is 19.6 Å². The molecule has 25 heavy (non-hydrogen) atoms. The van der Waals surface area contributed by atoms with E-state index in [4.69, 9.17) is 4.74 Å². The molecule has 1 aliphatic rings. The molecule has 0 saturated carbocycles. The number of aromatic hydroxyl groups is 1. The number of nitrogens with one attached hydrogen (secondary N) is 3. The van der Waals surface area contributed by atoms with E-state index in [0.717, 1.165) is 36.1 Å². The number of carbonyl (C=O) groups is 1. The van der Waals surface area contributed by atoms with Crippen LogP contribution in [0.4, 0.5) is 0 Å². The van der Waals surface area contributed by atoms with Crippen molar-refractivity contribution in [3.8, 4) is 11.5 Å². The Labute approximate surface area is 142 Å². The number of ether oxygens (including phenoxy) is 1. The number of aromatic nitrogens is 2. The number of fused-ring (bicyclic) bond motifs is 1. The van der Waals surface area contributed by atoms with Crippen LogP contribution in [0.15, 0.2) is 27.8 Å². The number of aromatic amines is 2. The molecule has 8 nitrogen and oxygen atoms in total. The Morgan fingerprint density at radius 2 is 2.16 bits per heavy atom. The standard InChI is InChI=1S/C17H19N3O5/c1-2-25-10-6-7-11-9(8-10)4-3-5-12(11)18-15(22)13-14(21)16(23)20-17(24)19-13/h6-8,12,21H,2-5H2,1H3,(H,18,22)(H2,19,20,23,24)/t12-/m1/s1. The number of aryl methyl sites for hydroxylation is 1. The fraction of sp³-hybridized carbons (Fsp3) is 0.353. The van der Waals surface area contributed by atoms with Crippen molar-refractivity contribution < 1.29 is 14.6 Å². The molecule has 4 N–H and O–H groups in total. The second-order valence-electron chi connectivity index (χ2n) is 5.84. The number of hydrogen-bond donors (Lipinski definition) is 4. The topological polar surface area (TPSA) is 124 Å². The Kier molecular flexibility index (Phi) is 4.60. The molecule has 1 atom stereocenters. The molecule has 3 rings (SSSR count). The second kappa shape index (κ2) is 6.84. The minimum Gasteiger partial charge on any atom is -0.501 e. The van der Waals surface area contributed by atoms with Crippen LogP contribution in [0, 0.1) is 0 Å². The summed E-state index contributed by atoms with van der Waals surface area (Å²) >= 11 is 0. The Morgan fingerprint density at radius 1 is 1.36 bits per heavy atom. The highest BCUT2D eigenvalue weighted by Gasteiger charge is 2.25.